The molecule has 9 nitrogen and oxygen atoms in total. The van der Waals surface area contributed by atoms with E-state index in [0.717, 1.165) is 0 Å². The Morgan fingerprint density at radius 3 is 2.05 bits per heavy atom. The van der Waals surface area contributed by atoms with E-state index < -0.39 is 24.5 Å². The number of urea groups is 1. The summed E-state index contributed by atoms with van der Waals surface area (Å²) in [5.41, 5.74) is 4.80. The molecule has 0 fully saturated rings. The van der Waals surface area contributed by atoms with E-state index in [0.29, 0.717) is 5.75 Å². The van der Waals surface area contributed by atoms with Crippen molar-refractivity contribution in [2.45, 2.75) is 0 Å². The fraction of sp³-hybridized carbons (Fsp3) is 0.308. The highest BCUT2D eigenvalue weighted by Crippen LogP contribution is 2.34. The Bertz CT molecular complexity index is 586. The predicted molar refractivity (Wildman–Crippen MR) is 74.1 cm³/mol. The van der Waals surface area contributed by atoms with Crippen molar-refractivity contribution in [2.24, 2.45) is 5.73 Å². The highest BCUT2D eigenvalue weighted by Gasteiger charge is 2.20. The second-order valence-electron chi connectivity index (χ2n) is 3.90. The molecule has 0 bridgehead atoms. The van der Waals surface area contributed by atoms with E-state index in [1.165, 1.54) is 33.5 Å². The van der Waals surface area contributed by atoms with Crippen molar-refractivity contribution in [3.05, 3.63) is 17.7 Å². The number of imide groups is 1. The maximum absolute atomic E-state index is 12.0. The Labute approximate surface area is 126 Å². The van der Waals surface area contributed by atoms with Crippen LogP contribution in [0, 0.1) is 0 Å². The van der Waals surface area contributed by atoms with Crippen LogP contribution >= 0.6 is 0 Å². The number of carbonyl (C=O) groups is 3. The van der Waals surface area contributed by atoms with Gasteiger partial charge in [-0.15, -0.1) is 0 Å². The highest BCUT2D eigenvalue weighted by atomic mass is 16.5. The molecule has 0 radical (unpaired) electrons. The molecule has 1 rings (SSSR count). The van der Waals surface area contributed by atoms with Crippen molar-refractivity contribution in [1.29, 1.82) is 0 Å². The first kappa shape index (κ1) is 17.1. The topological polar surface area (TPSA) is 126 Å². The van der Waals surface area contributed by atoms with E-state index >= 15 is 0 Å². The van der Waals surface area contributed by atoms with Gasteiger partial charge in [0.05, 0.1) is 21.3 Å². The van der Waals surface area contributed by atoms with Crippen LogP contribution in [0.3, 0.4) is 0 Å². The van der Waals surface area contributed by atoms with E-state index in [-0.39, 0.29) is 17.1 Å². The summed E-state index contributed by atoms with van der Waals surface area (Å²) < 4.78 is 20.0. The van der Waals surface area contributed by atoms with Crippen LogP contribution in [-0.4, -0.2) is 45.8 Å². The van der Waals surface area contributed by atoms with Gasteiger partial charge in [0.15, 0.2) is 18.1 Å². The zero-order valence-corrected chi connectivity index (χ0v) is 12.3. The number of carbonyl (C=O) groups excluding carboxylic acids is 3. The molecule has 3 N–H and O–H groups in total. The third-order valence-electron chi connectivity index (χ3n) is 2.52. The molecule has 1 aromatic rings. The normalized spacial score (nSPS) is 9.59. The molecule has 0 aliphatic carbocycles. The molecule has 0 atom stereocenters. The van der Waals surface area contributed by atoms with E-state index in [2.05, 4.69) is 0 Å². The van der Waals surface area contributed by atoms with Gasteiger partial charge in [0.2, 0.25) is 0 Å². The van der Waals surface area contributed by atoms with Gasteiger partial charge in [-0.3, -0.25) is 10.1 Å². The van der Waals surface area contributed by atoms with Crippen LogP contribution in [0.15, 0.2) is 12.1 Å². The molecule has 22 heavy (non-hydrogen) atoms. The summed E-state index contributed by atoms with van der Waals surface area (Å²) in [4.78, 5) is 33.7. The number of ether oxygens (including phenoxy) is 4. The largest absolute Gasteiger partial charge is 0.496 e. The van der Waals surface area contributed by atoms with Crippen LogP contribution in [0.2, 0.25) is 0 Å². The number of hydrogen-bond acceptors (Lipinski definition) is 7. The second-order valence-corrected chi connectivity index (χ2v) is 3.90. The van der Waals surface area contributed by atoms with Crippen molar-refractivity contribution in [3.63, 3.8) is 0 Å². The number of methoxy groups -OCH3 is 3. The lowest BCUT2D eigenvalue weighted by Gasteiger charge is -2.13. The number of rotatable bonds is 6. The number of primary amides is 1. The Morgan fingerprint density at radius 2 is 1.55 bits per heavy atom. The number of hydrogen-bond donors (Lipinski definition) is 2. The molecular formula is C13H16N2O7. The Kier molecular flexibility index (Phi) is 5.99. The lowest BCUT2D eigenvalue weighted by atomic mass is 10.1. The number of nitrogens with two attached hydrogens (primary N) is 1. The first-order chi connectivity index (χ1) is 10.4. The number of esters is 1. The molecule has 0 unspecified atom stereocenters. The average molecular weight is 312 g/mol. The molecule has 0 aliphatic rings. The average Bonchev–Trinajstić information content (AvgIpc) is 2.50. The molecule has 0 spiro atoms. The number of nitrogens with one attached hydrogen (secondary N) is 1. The van der Waals surface area contributed by atoms with Crippen LogP contribution in [-0.2, 0) is 9.53 Å². The summed E-state index contributed by atoms with van der Waals surface area (Å²) in [7, 11) is 4.20. The smallest absolute Gasteiger partial charge is 0.342 e. The van der Waals surface area contributed by atoms with Gasteiger partial charge in [-0.1, -0.05) is 0 Å². The minimum absolute atomic E-state index is 0.0343. The lowest BCUT2D eigenvalue weighted by Crippen LogP contribution is -2.37. The summed E-state index contributed by atoms with van der Waals surface area (Å²) in [5, 5.41) is 1.77. The van der Waals surface area contributed by atoms with Gasteiger partial charge < -0.3 is 24.7 Å². The fourth-order valence-corrected chi connectivity index (χ4v) is 1.57. The lowest BCUT2D eigenvalue weighted by molar-refractivity contribution is -0.123. The van der Waals surface area contributed by atoms with Crippen LogP contribution < -0.4 is 25.3 Å². The van der Waals surface area contributed by atoms with Gasteiger partial charge in [-0.25, -0.2) is 9.59 Å². The monoisotopic (exact) mass is 312 g/mol. The van der Waals surface area contributed by atoms with Crippen LogP contribution in [0.1, 0.15) is 10.4 Å². The van der Waals surface area contributed by atoms with Gasteiger partial charge in [-0.2, -0.15) is 0 Å². The van der Waals surface area contributed by atoms with Gasteiger partial charge >= 0.3 is 12.0 Å². The van der Waals surface area contributed by atoms with Crippen molar-refractivity contribution >= 4 is 17.9 Å². The first-order valence-corrected chi connectivity index (χ1v) is 5.99. The predicted octanol–water partition coefficient (Wildman–Crippen LogP) is 0.0641. The molecule has 0 aliphatic heterocycles. The fourth-order valence-electron chi connectivity index (χ4n) is 1.57. The van der Waals surface area contributed by atoms with Crippen molar-refractivity contribution in [2.75, 3.05) is 27.9 Å². The third-order valence-corrected chi connectivity index (χ3v) is 2.52. The van der Waals surface area contributed by atoms with E-state index in [4.69, 9.17) is 24.7 Å². The molecule has 120 valence electrons. The van der Waals surface area contributed by atoms with E-state index in [1.807, 2.05) is 0 Å². The summed E-state index contributed by atoms with van der Waals surface area (Å²) >= 11 is 0. The minimum atomic E-state index is -1.04. The van der Waals surface area contributed by atoms with Gasteiger partial charge in [0.1, 0.15) is 11.3 Å². The van der Waals surface area contributed by atoms with Crippen molar-refractivity contribution in [3.8, 4) is 17.2 Å². The zero-order chi connectivity index (χ0) is 16.7. The van der Waals surface area contributed by atoms with Gasteiger partial charge in [-0.05, 0) is 0 Å². The molecule has 0 aromatic heterocycles. The van der Waals surface area contributed by atoms with Crippen LogP contribution in [0.5, 0.6) is 17.2 Å². The molecule has 9 heteroatoms. The quantitative estimate of drug-likeness (QED) is 0.711. The molecule has 3 amide bonds. The molecule has 0 heterocycles. The SMILES string of the molecule is COc1cc(OC)c(C(=O)OCC(=O)NC(N)=O)cc1OC. The molecular weight excluding hydrogens is 296 g/mol. The van der Waals surface area contributed by atoms with E-state index in [1.54, 1.807) is 5.32 Å². The van der Waals surface area contributed by atoms with Crippen LogP contribution in [0.4, 0.5) is 4.79 Å². The van der Waals surface area contributed by atoms with Crippen LogP contribution in [0.25, 0.3) is 0 Å². The van der Waals surface area contributed by atoms with E-state index in [9.17, 15) is 14.4 Å². The first-order valence-electron chi connectivity index (χ1n) is 5.99. The maximum atomic E-state index is 12.0. The second kappa shape index (κ2) is 7.72. The van der Waals surface area contributed by atoms with Crippen molar-refractivity contribution < 1.29 is 33.3 Å². The van der Waals surface area contributed by atoms with Crippen molar-refractivity contribution in [1.82, 2.24) is 5.32 Å². The summed E-state index contributed by atoms with van der Waals surface area (Å²) in [5.74, 6) is -0.852. The van der Waals surface area contributed by atoms with Gasteiger partial charge in [0.25, 0.3) is 5.91 Å². The Morgan fingerprint density at radius 1 is 1.00 bits per heavy atom. The molecule has 0 saturated heterocycles. The minimum Gasteiger partial charge on any atom is -0.496 e. The molecule has 1 aromatic carbocycles. The van der Waals surface area contributed by atoms with Gasteiger partial charge in [0, 0.05) is 12.1 Å². The number of amides is 3. The Balaban J connectivity index is 2.92. The maximum Gasteiger partial charge on any atom is 0.342 e. The summed E-state index contributed by atoms with van der Waals surface area (Å²) in [6.45, 7) is -0.667. The zero-order valence-electron chi connectivity index (χ0n) is 12.3. The standard InChI is InChI=1S/C13H16N2O7/c1-19-8-5-10(21-3)9(20-2)4-7(8)12(17)22-6-11(16)15-13(14)18/h4-5H,6H2,1-3H3,(H3,14,15,16,18). The summed E-state index contributed by atoms with van der Waals surface area (Å²) in [6.07, 6.45) is 0. The summed E-state index contributed by atoms with van der Waals surface area (Å²) in [6, 6.07) is 1.76. The molecule has 0 saturated carbocycles. The third kappa shape index (κ3) is 4.27. The Hall–Kier alpha value is -2.97. The highest BCUT2D eigenvalue weighted by molar-refractivity contribution is 5.97. The number of benzene rings is 1.